The van der Waals surface area contributed by atoms with Crippen molar-refractivity contribution >= 4 is 5.91 Å². The first kappa shape index (κ1) is 16.7. The first-order valence-electron chi connectivity index (χ1n) is 8.63. The van der Waals surface area contributed by atoms with Gasteiger partial charge in [0.05, 0.1) is 11.7 Å². The predicted octanol–water partition coefficient (Wildman–Crippen LogP) is 2.87. The van der Waals surface area contributed by atoms with Crippen LogP contribution in [-0.2, 0) is 11.3 Å². The lowest BCUT2D eigenvalue weighted by atomic mass is 10.0. The predicted molar refractivity (Wildman–Crippen MR) is 94.5 cm³/mol. The lowest BCUT2D eigenvalue weighted by molar-refractivity contribution is -0.134. The summed E-state index contributed by atoms with van der Waals surface area (Å²) in [4.78, 5) is 16.5. The molecule has 5 nitrogen and oxygen atoms in total. The van der Waals surface area contributed by atoms with E-state index in [1.807, 2.05) is 29.3 Å². The fraction of sp³-hybridized carbons (Fsp3) is 0.474. The Morgan fingerprint density at radius 1 is 1.21 bits per heavy atom. The molecule has 1 aromatic heterocycles. The summed E-state index contributed by atoms with van der Waals surface area (Å²) in [6.07, 6.45) is 1.87. The van der Waals surface area contributed by atoms with Crippen molar-refractivity contribution in [3.8, 4) is 0 Å². The second-order valence-electron chi connectivity index (χ2n) is 6.73. The van der Waals surface area contributed by atoms with E-state index < -0.39 is 0 Å². The Hall–Kier alpha value is -2.14. The molecule has 0 unspecified atom stereocenters. The lowest BCUT2D eigenvalue weighted by Crippen LogP contribution is -2.49. The summed E-state index contributed by atoms with van der Waals surface area (Å²) in [5.74, 6) is 0.149. The molecule has 1 aliphatic rings. The van der Waals surface area contributed by atoms with Gasteiger partial charge in [-0.1, -0.05) is 30.3 Å². The van der Waals surface area contributed by atoms with Crippen molar-refractivity contribution in [1.29, 1.82) is 0 Å². The highest BCUT2D eigenvalue weighted by atomic mass is 16.2. The van der Waals surface area contributed by atoms with Gasteiger partial charge in [-0.05, 0) is 25.5 Å². The third-order valence-corrected chi connectivity index (χ3v) is 4.68. The van der Waals surface area contributed by atoms with Gasteiger partial charge in [-0.15, -0.1) is 0 Å². The smallest absolute Gasteiger partial charge is 0.220 e. The maximum absolute atomic E-state index is 12.0. The van der Waals surface area contributed by atoms with Crippen LogP contribution in [0.4, 0.5) is 0 Å². The van der Waals surface area contributed by atoms with E-state index in [4.69, 9.17) is 0 Å². The van der Waals surface area contributed by atoms with E-state index in [-0.39, 0.29) is 11.9 Å². The minimum Gasteiger partial charge on any atom is -0.333 e. The normalized spacial score (nSPS) is 19.0. The van der Waals surface area contributed by atoms with Crippen molar-refractivity contribution < 1.29 is 4.79 Å². The summed E-state index contributed by atoms with van der Waals surface area (Å²) in [5, 5.41) is 4.43. The van der Waals surface area contributed by atoms with Gasteiger partial charge in [0, 0.05) is 45.3 Å². The molecule has 1 aromatic carbocycles. The van der Waals surface area contributed by atoms with Crippen LogP contribution < -0.4 is 0 Å². The lowest BCUT2D eigenvalue weighted by Gasteiger charge is -2.41. The van der Waals surface area contributed by atoms with Crippen LogP contribution in [0.25, 0.3) is 0 Å². The van der Waals surface area contributed by atoms with Crippen LogP contribution in [0.5, 0.6) is 0 Å². The molecule has 0 saturated carbocycles. The van der Waals surface area contributed by atoms with Crippen molar-refractivity contribution in [2.45, 2.75) is 39.4 Å². The van der Waals surface area contributed by atoms with Crippen molar-refractivity contribution in [3.63, 3.8) is 0 Å². The molecule has 3 rings (SSSR count). The molecular weight excluding hydrogens is 300 g/mol. The SMILES string of the molecule is CC(=O)N1CCN(Cc2ccnn2C(C)C)C[C@H]1c1ccccc1. The fourth-order valence-corrected chi connectivity index (χ4v) is 3.48. The largest absolute Gasteiger partial charge is 0.333 e. The molecule has 1 atom stereocenters. The van der Waals surface area contributed by atoms with E-state index in [0.717, 1.165) is 26.2 Å². The Balaban J connectivity index is 1.78. The number of amides is 1. The van der Waals surface area contributed by atoms with E-state index in [1.165, 1.54) is 11.3 Å². The molecular formula is C19H26N4O. The van der Waals surface area contributed by atoms with Gasteiger partial charge >= 0.3 is 0 Å². The highest BCUT2D eigenvalue weighted by Crippen LogP contribution is 2.26. The summed E-state index contributed by atoms with van der Waals surface area (Å²) >= 11 is 0. The number of hydrogen-bond donors (Lipinski definition) is 0. The van der Waals surface area contributed by atoms with E-state index >= 15 is 0 Å². The Morgan fingerprint density at radius 3 is 2.62 bits per heavy atom. The third kappa shape index (κ3) is 3.51. The van der Waals surface area contributed by atoms with Crippen LogP contribution in [0.1, 0.15) is 44.1 Å². The van der Waals surface area contributed by atoms with E-state index in [1.54, 1.807) is 6.92 Å². The third-order valence-electron chi connectivity index (χ3n) is 4.68. The van der Waals surface area contributed by atoms with E-state index in [0.29, 0.717) is 6.04 Å². The molecule has 2 aromatic rings. The number of hydrogen-bond acceptors (Lipinski definition) is 3. The van der Waals surface area contributed by atoms with Gasteiger partial charge < -0.3 is 4.90 Å². The molecule has 2 heterocycles. The van der Waals surface area contributed by atoms with Crippen molar-refractivity contribution in [2.24, 2.45) is 0 Å². The van der Waals surface area contributed by atoms with Gasteiger partial charge in [0.1, 0.15) is 0 Å². The summed E-state index contributed by atoms with van der Waals surface area (Å²) < 4.78 is 2.08. The quantitative estimate of drug-likeness (QED) is 0.867. The van der Waals surface area contributed by atoms with Crippen LogP contribution >= 0.6 is 0 Å². The summed E-state index contributed by atoms with van der Waals surface area (Å²) in [5.41, 5.74) is 2.43. The molecule has 5 heteroatoms. The topological polar surface area (TPSA) is 41.4 Å². The average Bonchev–Trinajstić information content (AvgIpc) is 3.04. The average molecular weight is 326 g/mol. The zero-order valence-electron chi connectivity index (χ0n) is 14.7. The molecule has 1 fully saturated rings. The van der Waals surface area contributed by atoms with Crippen LogP contribution in [0, 0.1) is 0 Å². The van der Waals surface area contributed by atoms with Crippen LogP contribution in [0.2, 0.25) is 0 Å². The molecule has 1 amide bonds. The number of piperazine rings is 1. The van der Waals surface area contributed by atoms with E-state index in [9.17, 15) is 4.79 Å². The van der Waals surface area contributed by atoms with Crippen LogP contribution in [-0.4, -0.2) is 45.1 Å². The van der Waals surface area contributed by atoms with Crippen molar-refractivity contribution in [2.75, 3.05) is 19.6 Å². The van der Waals surface area contributed by atoms with Gasteiger partial charge in [-0.25, -0.2) is 0 Å². The molecule has 0 bridgehead atoms. The van der Waals surface area contributed by atoms with Crippen LogP contribution in [0.3, 0.4) is 0 Å². The van der Waals surface area contributed by atoms with Gasteiger partial charge in [0.25, 0.3) is 0 Å². The number of aromatic nitrogens is 2. The molecule has 128 valence electrons. The molecule has 0 radical (unpaired) electrons. The second kappa shape index (κ2) is 7.18. The molecule has 1 saturated heterocycles. The number of rotatable bonds is 4. The van der Waals surface area contributed by atoms with Crippen LogP contribution in [0.15, 0.2) is 42.6 Å². The number of nitrogens with zero attached hydrogens (tertiary/aromatic N) is 4. The minimum atomic E-state index is 0.118. The van der Waals surface area contributed by atoms with Gasteiger partial charge in [-0.3, -0.25) is 14.4 Å². The Kier molecular flexibility index (Phi) is 5.00. The van der Waals surface area contributed by atoms with Gasteiger partial charge in [0.15, 0.2) is 0 Å². The van der Waals surface area contributed by atoms with Gasteiger partial charge in [0.2, 0.25) is 5.91 Å². The first-order chi connectivity index (χ1) is 11.6. The Labute approximate surface area is 143 Å². The van der Waals surface area contributed by atoms with E-state index in [2.05, 4.69) is 46.7 Å². The highest BCUT2D eigenvalue weighted by Gasteiger charge is 2.30. The Morgan fingerprint density at radius 2 is 1.96 bits per heavy atom. The number of carbonyl (C=O) groups is 1. The number of benzene rings is 1. The number of carbonyl (C=O) groups excluding carboxylic acids is 1. The minimum absolute atomic E-state index is 0.118. The zero-order valence-corrected chi connectivity index (χ0v) is 14.7. The summed E-state index contributed by atoms with van der Waals surface area (Å²) in [6.45, 7) is 9.35. The van der Waals surface area contributed by atoms with Crippen molar-refractivity contribution in [3.05, 3.63) is 53.9 Å². The molecule has 0 spiro atoms. The maximum atomic E-state index is 12.0. The monoisotopic (exact) mass is 326 g/mol. The molecule has 0 N–H and O–H groups in total. The molecule has 0 aliphatic carbocycles. The molecule has 1 aliphatic heterocycles. The second-order valence-corrected chi connectivity index (χ2v) is 6.73. The standard InChI is InChI=1S/C19H26N4O/c1-15(2)23-18(9-10-20-23)13-21-11-12-22(16(3)24)19(14-21)17-7-5-4-6-8-17/h4-10,15,19H,11-14H2,1-3H3/t19-/m0/s1. The summed E-state index contributed by atoms with van der Waals surface area (Å²) in [6, 6.07) is 12.9. The Bertz CT molecular complexity index is 680. The fourth-order valence-electron chi connectivity index (χ4n) is 3.48. The highest BCUT2D eigenvalue weighted by molar-refractivity contribution is 5.74. The molecule has 24 heavy (non-hydrogen) atoms. The maximum Gasteiger partial charge on any atom is 0.220 e. The summed E-state index contributed by atoms with van der Waals surface area (Å²) in [7, 11) is 0. The first-order valence-corrected chi connectivity index (χ1v) is 8.63. The van der Waals surface area contributed by atoms with Gasteiger partial charge in [-0.2, -0.15) is 5.10 Å². The zero-order chi connectivity index (χ0) is 17.1. The van der Waals surface area contributed by atoms with Crippen molar-refractivity contribution in [1.82, 2.24) is 19.6 Å².